The summed E-state index contributed by atoms with van der Waals surface area (Å²) in [4.78, 5) is 2.61. The Morgan fingerprint density at radius 2 is 1.43 bits per heavy atom. The third-order valence-corrected chi connectivity index (χ3v) is 6.63. The summed E-state index contributed by atoms with van der Waals surface area (Å²) in [6.07, 6.45) is 10.6. The number of hydrogen-bond acceptors (Lipinski definition) is 2. The van der Waals surface area contributed by atoms with Crippen molar-refractivity contribution in [2.24, 2.45) is 5.92 Å². The van der Waals surface area contributed by atoms with Gasteiger partial charge >= 0.3 is 0 Å². The minimum atomic E-state index is 0.178. The number of ether oxygens (including phenoxy) is 1. The van der Waals surface area contributed by atoms with E-state index in [2.05, 4.69) is 77.4 Å². The SMILES string of the molecule is C(#CC(C(OCc1ccccc1)C1CCCCC1)N1CCCCC1)c1ccccc1. The molecule has 0 bridgehead atoms. The van der Waals surface area contributed by atoms with E-state index in [0.717, 1.165) is 18.7 Å². The molecule has 2 atom stereocenters. The maximum Gasteiger partial charge on any atom is 0.0986 e. The molecular weight excluding hydrogens is 366 g/mol. The van der Waals surface area contributed by atoms with Crippen LogP contribution in [0, 0.1) is 17.8 Å². The van der Waals surface area contributed by atoms with Crippen LogP contribution >= 0.6 is 0 Å². The molecule has 158 valence electrons. The number of piperidine rings is 1. The molecule has 1 saturated heterocycles. The Hall–Kier alpha value is -2.08. The normalized spacial score (nSPS) is 20.1. The van der Waals surface area contributed by atoms with E-state index in [1.807, 2.05) is 0 Å². The zero-order chi connectivity index (χ0) is 20.4. The van der Waals surface area contributed by atoms with Crippen molar-refractivity contribution in [3.8, 4) is 11.8 Å². The lowest BCUT2D eigenvalue weighted by Crippen LogP contribution is -2.49. The van der Waals surface area contributed by atoms with Crippen LogP contribution < -0.4 is 0 Å². The van der Waals surface area contributed by atoms with Crippen molar-refractivity contribution in [2.75, 3.05) is 13.1 Å². The minimum absolute atomic E-state index is 0.178. The van der Waals surface area contributed by atoms with Gasteiger partial charge in [0.2, 0.25) is 0 Å². The third-order valence-electron chi connectivity index (χ3n) is 6.63. The molecule has 1 aliphatic heterocycles. The van der Waals surface area contributed by atoms with Crippen LogP contribution in [0.5, 0.6) is 0 Å². The van der Waals surface area contributed by atoms with Crippen LogP contribution in [0.3, 0.4) is 0 Å². The Morgan fingerprint density at radius 3 is 2.13 bits per heavy atom. The van der Waals surface area contributed by atoms with Crippen LogP contribution in [-0.2, 0) is 11.3 Å². The zero-order valence-corrected chi connectivity index (χ0v) is 18.1. The molecule has 2 nitrogen and oxygen atoms in total. The number of benzene rings is 2. The monoisotopic (exact) mass is 401 g/mol. The van der Waals surface area contributed by atoms with Crippen LogP contribution in [0.4, 0.5) is 0 Å². The molecule has 1 heterocycles. The molecule has 30 heavy (non-hydrogen) atoms. The van der Waals surface area contributed by atoms with Gasteiger partial charge in [-0.15, -0.1) is 0 Å². The standard InChI is InChI=1S/C28H35NO/c1-5-13-24(14-6-1)19-20-27(29-21-11-4-12-22-29)28(26-17-9-3-10-18-26)30-23-25-15-7-2-8-16-25/h1-2,5-8,13-16,26-28H,3-4,9-12,17-18,21-23H2. The molecular formula is C28H35NO. The first-order valence-corrected chi connectivity index (χ1v) is 11.9. The Kier molecular flexibility index (Phi) is 8.01. The van der Waals surface area contributed by atoms with E-state index in [1.54, 1.807) is 0 Å². The summed E-state index contributed by atoms with van der Waals surface area (Å²) in [5.74, 6) is 7.79. The highest BCUT2D eigenvalue weighted by Gasteiger charge is 2.34. The van der Waals surface area contributed by atoms with Gasteiger partial charge in [-0.25, -0.2) is 0 Å². The van der Waals surface area contributed by atoms with Gasteiger partial charge in [-0.05, 0) is 62.4 Å². The van der Waals surface area contributed by atoms with E-state index in [4.69, 9.17) is 4.74 Å². The summed E-state index contributed by atoms with van der Waals surface area (Å²) in [7, 11) is 0. The van der Waals surface area contributed by atoms with Gasteiger partial charge in [0, 0.05) is 5.56 Å². The largest absolute Gasteiger partial charge is 0.371 e. The lowest BCUT2D eigenvalue weighted by atomic mass is 9.81. The van der Waals surface area contributed by atoms with Gasteiger partial charge in [0.25, 0.3) is 0 Å². The average Bonchev–Trinajstić information content (AvgIpc) is 2.83. The van der Waals surface area contributed by atoms with Crippen LogP contribution in [0.2, 0.25) is 0 Å². The van der Waals surface area contributed by atoms with Crippen molar-refractivity contribution < 1.29 is 4.74 Å². The Morgan fingerprint density at radius 1 is 0.800 bits per heavy atom. The van der Waals surface area contributed by atoms with Gasteiger partial charge in [-0.1, -0.05) is 86.1 Å². The molecule has 1 aliphatic carbocycles. The van der Waals surface area contributed by atoms with Gasteiger partial charge in [0.1, 0.15) is 0 Å². The lowest BCUT2D eigenvalue weighted by molar-refractivity contribution is -0.0519. The fraction of sp³-hybridized carbons (Fsp3) is 0.500. The van der Waals surface area contributed by atoms with Crippen LogP contribution in [0.15, 0.2) is 60.7 Å². The molecule has 2 unspecified atom stereocenters. The third kappa shape index (κ3) is 5.97. The van der Waals surface area contributed by atoms with Crippen molar-refractivity contribution in [1.82, 2.24) is 4.90 Å². The van der Waals surface area contributed by atoms with Crippen LogP contribution in [0.25, 0.3) is 0 Å². The van der Waals surface area contributed by atoms with Crippen molar-refractivity contribution in [3.05, 3.63) is 71.8 Å². The average molecular weight is 402 g/mol. The first-order valence-electron chi connectivity index (χ1n) is 11.9. The molecule has 0 aromatic heterocycles. The van der Waals surface area contributed by atoms with Gasteiger partial charge in [0.15, 0.2) is 0 Å². The predicted octanol–water partition coefficient (Wildman–Crippen LogP) is 6.06. The summed E-state index contributed by atoms with van der Waals surface area (Å²) < 4.78 is 6.73. The van der Waals surface area contributed by atoms with Crippen LogP contribution in [-0.4, -0.2) is 30.1 Å². The van der Waals surface area contributed by atoms with E-state index in [-0.39, 0.29) is 12.1 Å². The number of likely N-dealkylation sites (tertiary alicyclic amines) is 1. The predicted molar refractivity (Wildman–Crippen MR) is 124 cm³/mol. The molecule has 2 aliphatic rings. The first kappa shape index (κ1) is 21.2. The number of rotatable bonds is 6. The summed E-state index contributed by atoms with van der Waals surface area (Å²) in [6.45, 7) is 2.97. The van der Waals surface area contributed by atoms with Crippen LogP contribution in [0.1, 0.15) is 62.5 Å². The Bertz CT molecular complexity index is 795. The molecule has 1 saturated carbocycles. The summed E-state index contributed by atoms with van der Waals surface area (Å²) in [6, 6.07) is 21.2. The van der Waals surface area contributed by atoms with Gasteiger partial charge in [-0.2, -0.15) is 0 Å². The van der Waals surface area contributed by atoms with Gasteiger partial charge in [0.05, 0.1) is 18.8 Å². The van der Waals surface area contributed by atoms with E-state index >= 15 is 0 Å². The van der Waals surface area contributed by atoms with Crippen molar-refractivity contribution in [1.29, 1.82) is 0 Å². The highest BCUT2D eigenvalue weighted by Crippen LogP contribution is 2.32. The minimum Gasteiger partial charge on any atom is -0.371 e. The highest BCUT2D eigenvalue weighted by atomic mass is 16.5. The second-order valence-corrected chi connectivity index (χ2v) is 8.84. The second kappa shape index (κ2) is 11.3. The molecule has 0 radical (unpaired) electrons. The zero-order valence-electron chi connectivity index (χ0n) is 18.1. The van der Waals surface area contributed by atoms with E-state index in [9.17, 15) is 0 Å². The molecule has 2 aromatic rings. The molecule has 0 spiro atoms. The molecule has 0 amide bonds. The summed E-state index contributed by atoms with van der Waals surface area (Å²) in [5.41, 5.74) is 2.36. The van der Waals surface area contributed by atoms with E-state index < -0.39 is 0 Å². The fourth-order valence-corrected chi connectivity index (χ4v) is 4.97. The lowest BCUT2D eigenvalue weighted by Gasteiger charge is -2.40. The van der Waals surface area contributed by atoms with Crippen molar-refractivity contribution in [3.63, 3.8) is 0 Å². The first-order chi connectivity index (χ1) is 14.9. The Balaban J connectivity index is 1.59. The van der Waals surface area contributed by atoms with Crippen molar-refractivity contribution in [2.45, 2.75) is 70.1 Å². The maximum absolute atomic E-state index is 6.73. The number of nitrogens with zero attached hydrogens (tertiary/aromatic N) is 1. The van der Waals surface area contributed by atoms with Gasteiger partial charge < -0.3 is 4.74 Å². The summed E-state index contributed by atoms with van der Waals surface area (Å²) >= 11 is 0. The summed E-state index contributed by atoms with van der Waals surface area (Å²) in [5, 5.41) is 0. The van der Waals surface area contributed by atoms with E-state index in [0.29, 0.717) is 12.5 Å². The molecule has 2 fully saturated rings. The number of hydrogen-bond donors (Lipinski definition) is 0. The smallest absolute Gasteiger partial charge is 0.0986 e. The topological polar surface area (TPSA) is 12.5 Å². The molecule has 2 aromatic carbocycles. The van der Waals surface area contributed by atoms with Gasteiger partial charge in [-0.3, -0.25) is 4.90 Å². The maximum atomic E-state index is 6.73. The molecule has 0 N–H and O–H groups in total. The second-order valence-electron chi connectivity index (χ2n) is 8.84. The quantitative estimate of drug-likeness (QED) is 0.546. The highest BCUT2D eigenvalue weighted by molar-refractivity contribution is 5.35. The molecule has 4 rings (SSSR count). The van der Waals surface area contributed by atoms with E-state index in [1.165, 1.54) is 56.9 Å². The Labute approximate surface area is 182 Å². The fourth-order valence-electron chi connectivity index (χ4n) is 4.97. The molecule has 2 heteroatoms. The van der Waals surface area contributed by atoms with Crippen molar-refractivity contribution >= 4 is 0 Å².